The molecular weight excluding hydrogens is 348 g/mol. The summed E-state index contributed by atoms with van der Waals surface area (Å²) in [5, 5.41) is 0.499. The molecule has 0 radical (unpaired) electrons. The quantitative estimate of drug-likeness (QED) is 0.837. The van der Waals surface area contributed by atoms with Crippen LogP contribution in [0.15, 0.2) is 22.7 Å². The van der Waals surface area contributed by atoms with Gasteiger partial charge in [0, 0.05) is 9.50 Å². The maximum atomic E-state index is 13.7. The first-order valence-corrected chi connectivity index (χ1v) is 6.15. The van der Waals surface area contributed by atoms with Gasteiger partial charge in [-0.1, -0.05) is 33.6 Å². The number of alkyl halides is 1. The van der Waals surface area contributed by atoms with Crippen LogP contribution in [0.2, 0.25) is 5.02 Å². The van der Waals surface area contributed by atoms with E-state index in [2.05, 4.69) is 20.7 Å². The third-order valence-electron chi connectivity index (χ3n) is 2.15. The predicted molar refractivity (Wildman–Crippen MR) is 74.9 cm³/mol. The fourth-order valence-electron chi connectivity index (χ4n) is 1.30. The molecule has 0 fully saturated rings. The van der Waals surface area contributed by atoms with Crippen molar-refractivity contribution >= 4 is 45.9 Å². The Kier molecular flexibility index (Phi) is 7.78. The number of carbonyl (C=O) groups is 1. The van der Waals surface area contributed by atoms with E-state index in [0.29, 0.717) is 15.1 Å². The van der Waals surface area contributed by atoms with Crippen LogP contribution in [0.4, 0.5) is 4.39 Å². The highest BCUT2D eigenvalue weighted by atomic mass is 79.9. The van der Waals surface area contributed by atoms with E-state index in [-0.39, 0.29) is 19.0 Å². The Bertz CT molecular complexity index is 420. The summed E-state index contributed by atoms with van der Waals surface area (Å²) in [6, 6.07) is 3.66. The minimum atomic E-state index is -1.90. The Balaban J connectivity index is 0.00000289. The average molecular weight is 361 g/mol. The SMILES string of the molecule is CCOC(=O)C(F)[C@H](N)c1ccc(Cl)cc1Br.Cl. The van der Waals surface area contributed by atoms with Crippen molar-refractivity contribution in [1.29, 1.82) is 0 Å². The van der Waals surface area contributed by atoms with Crippen molar-refractivity contribution < 1.29 is 13.9 Å². The van der Waals surface area contributed by atoms with Crippen molar-refractivity contribution in [2.75, 3.05) is 6.61 Å². The molecule has 0 saturated heterocycles. The number of rotatable bonds is 4. The zero-order valence-electron chi connectivity index (χ0n) is 9.53. The molecule has 3 nitrogen and oxygen atoms in total. The van der Waals surface area contributed by atoms with Gasteiger partial charge >= 0.3 is 5.97 Å². The van der Waals surface area contributed by atoms with Gasteiger partial charge in [0.05, 0.1) is 12.6 Å². The fraction of sp³-hybridized carbons (Fsp3) is 0.364. The van der Waals surface area contributed by atoms with E-state index < -0.39 is 18.2 Å². The van der Waals surface area contributed by atoms with E-state index in [4.69, 9.17) is 17.3 Å². The van der Waals surface area contributed by atoms with Crippen molar-refractivity contribution in [1.82, 2.24) is 0 Å². The Hall–Kier alpha value is -0.360. The number of hydrogen-bond donors (Lipinski definition) is 1. The lowest BCUT2D eigenvalue weighted by molar-refractivity contribution is -0.149. The third kappa shape index (κ3) is 4.39. The average Bonchev–Trinajstić information content (AvgIpc) is 2.27. The molecule has 0 spiro atoms. The Morgan fingerprint density at radius 3 is 2.72 bits per heavy atom. The number of nitrogens with two attached hydrogens (primary N) is 1. The molecule has 0 aliphatic carbocycles. The molecule has 0 amide bonds. The van der Waals surface area contributed by atoms with E-state index in [1.165, 1.54) is 0 Å². The topological polar surface area (TPSA) is 52.3 Å². The van der Waals surface area contributed by atoms with Gasteiger partial charge < -0.3 is 10.5 Å². The molecular formula is C11H13BrCl2FNO2. The largest absolute Gasteiger partial charge is 0.464 e. The van der Waals surface area contributed by atoms with Crippen LogP contribution in [-0.4, -0.2) is 18.7 Å². The first-order valence-electron chi connectivity index (χ1n) is 4.98. The summed E-state index contributed by atoms with van der Waals surface area (Å²) in [7, 11) is 0. The lowest BCUT2D eigenvalue weighted by Crippen LogP contribution is -2.31. The van der Waals surface area contributed by atoms with Gasteiger partial charge in [-0.3, -0.25) is 0 Å². The van der Waals surface area contributed by atoms with Crippen LogP contribution in [0.25, 0.3) is 0 Å². The highest BCUT2D eigenvalue weighted by Crippen LogP contribution is 2.28. The first kappa shape index (κ1) is 17.6. The lowest BCUT2D eigenvalue weighted by Gasteiger charge is -2.17. The Morgan fingerprint density at radius 2 is 2.22 bits per heavy atom. The van der Waals surface area contributed by atoms with Crippen molar-refractivity contribution in [2.24, 2.45) is 5.73 Å². The predicted octanol–water partition coefficient (Wildman–Crippen LogP) is 3.43. The molecule has 1 rings (SSSR count). The van der Waals surface area contributed by atoms with E-state index in [1.54, 1.807) is 25.1 Å². The summed E-state index contributed by atoms with van der Waals surface area (Å²) in [6.07, 6.45) is -1.90. The molecule has 18 heavy (non-hydrogen) atoms. The molecule has 0 saturated carbocycles. The smallest absolute Gasteiger partial charge is 0.342 e. The van der Waals surface area contributed by atoms with Gasteiger partial charge in [-0.05, 0) is 24.6 Å². The Labute approximate surface area is 124 Å². The van der Waals surface area contributed by atoms with Gasteiger partial charge in [-0.25, -0.2) is 9.18 Å². The molecule has 1 aromatic rings. The maximum Gasteiger partial charge on any atom is 0.342 e. The monoisotopic (exact) mass is 359 g/mol. The maximum absolute atomic E-state index is 13.7. The second kappa shape index (κ2) is 7.94. The summed E-state index contributed by atoms with van der Waals surface area (Å²) >= 11 is 8.98. The second-order valence-electron chi connectivity index (χ2n) is 3.35. The number of esters is 1. The standard InChI is InChI=1S/C11H12BrClFNO2.ClH/c1-2-17-11(16)9(14)10(15)7-4-3-6(13)5-8(7)12;/h3-5,9-10H,2,15H2,1H3;1H/t9?,10-;/m1./s1. The van der Waals surface area contributed by atoms with Gasteiger partial charge in [0.1, 0.15) is 0 Å². The van der Waals surface area contributed by atoms with Crippen LogP contribution >= 0.6 is 39.9 Å². The van der Waals surface area contributed by atoms with Crippen LogP contribution in [0.1, 0.15) is 18.5 Å². The van der Waals surface area contributed by atoms with Crippen molar-refractivity contribution in [2.45, 2.75) is 19.1 Å². The molecule has 102 valence electrons. The number of carbonyl (C=O) groups excluding carboxylic acids is 1. The van der Waals surface area contributed by atoms with Crippen LogP contribution in [0.3, 0.4) is 0 Å². The second-order valence-corrected chi connectivity index (χ2v) is 4.64. The summed E-state index contributed by atoms with van der Waals surface area (Å²) in [5.74, 6) is -0.957. The van der Waals surface area contributed by atoms with Gasteiger partial charge in [0.25, 0.3) is 0 Å². The molecule has 0 heterocycles. The van der Waals surface area contributed by atoms with Crippen LogP contribution in [0, 0.1) is 0 Å². The number of halogens is 4. The van der Waals surface area contributed by atoms with Crippen molar-refractivity contribution in [3.63, 3.8) is 0 Å². The summed E-state index contributed by atoms with van der Waals surface area (Å²) in [4.78, 5) is 11.2. The normalized spacial score (nSPS) is 13.4. The van der Waals surface area contributed by atoms with Crippen molar-refractivity contribution in [3.8, 4) is 0 Å². The van der Waals surface area contributed by atoms with Gasteiger partial charge in [-0.15, -0.1) is 12.4 Å². The minimum absolute atomic E-state index is 0. The van der Waals surface area contributed by atoms with Crippen LogP contribution in [0.5, 0.6) is 0 Å². The zero-order valence-corrected chi connectivity index (χ0v) is 12.7. The third-order valence-corrected chi connectivity index (χ3v) is 3.07. The molecule has 0 aliphatic rings. The Morgan fingerprint density at radius 1 is 1.61 bits per heavy atom. The van der Waals surface area contributed by atoms with Crippen LogP contribution < -0.4 is 5.73 Å². The molecule has 2 N–H and O–H groups in total. The summed E-state index contributed by atoms with van der Waals surface area (Å²) < 4.78 is 18.8. The van der Waals surface area contributed by atoms with E-state index in [9.17, 15) is 9.18 Å². The summed E-state index contributed by atoms with van der Waals surface area (Å²) in [5.41, 5.74) is 6.14. The first-order chi connectivity index (χ1) is 7.97. The molecule has 1 aromatic carbocycles. The van der Waals surface area contributed by atoms with E-state index in [0.717, 1.165) is 0 Å². The number of benzene rings is 1. The molecule has 7 heteroatoms. The van der Waals surface area contributed by atoms with Crippen LogP contribution in [-0.2, 0) is 9.53 Å². The molecule has 1 unspecified atom stereocenters. The van der Waals surface area contributed by atoms with Crippen molar-refractivity contribution in [3.05, 3.63) is 33.3 Å². The zero-order chi connectivity index (χ0) is 13.0. The molecule has 0 bridgehead atoms. The molecule has 0 aliphatic heterocycles. The minimum Gasteiger partial charge on any atom is -0.464 e. The molecule has 0 aromatic heterocycles. The highest BCUT2D eigenvalue weighted by molar-refractivity contribution is 9.10. The lowest BCUT2D eigenvalue weighted by atomic mass is 10.0. The van der Waals surface area contributed by atoms with E-state index in [1.807, 2.05) is 0 Å². The molecule has 2 atom stereocenters. The number of hydrogen-bond acceptors (Lipinski definition) is 3. The van der Waals surface area contributed by atoms with Gasteiger partial charge in [0.15, 0.2) is 0 Å². The summed E-state index contributed by atoms with van der Waals surface area (Å²) in [6.45, 7) is 1.72. The van der Waals surface area contributed by atoms with E-state index >= 15 is 0 Å². The van der Waals surface area contributed by atoms with Gasteiger partial charge in [-0.2, -0.15) is 0 Å². The number of ether oxygens (including phenoxy) is 1. The van der Waals surface area contributed by atoms with Gasteiger partial charge in [0.2, 0.25) is 6.17 Å². The fourth-order valence-corrected chi connectivity index (χ4v) is 2.24. The highest BCUT2D eigenvalue weighted by Gasteiger charge is 2.28.